The van der Waals surface area contributed by atoms with Crippen LogP contribution in [0.15, 0.2) is 106 Å². The van der Waals surface area contributed by atoms with Gasteiger partial charge in [-0.15, -0.1) is 0 Å². The van der Waals surface area contributed by atoms with Gasteiger partial charge in [0, 0.05) is 41.1 Å². The van der Waals surface area contributed by atoms with Crippen molar-refractivity contribution in [2.45, 2.75) is 49.6 Å². The number of carbonyl (C=O) groups is 4. The molecule has 6 atom stereocenters. The predicted octanol–water partition coefficient (Wildman–Crippen LogP) is 8.37. The van der Waals surface area contributed by atoms with Gasteiger partial charge in [0.25, 0.3) is 11.8 Å². The molecule has 0 unspecified atom stereocenters. The van der Waals surface area contributed by atoms with Crippen molar-refractivity contribution in [3.8, 4) is 11.5 Å². The summed E-state index contributed by atoms with van der Waals surface area (Å²) in [5.41, 5.74) is 4.71. The maximum absolute atomic E-state index is 15.5. The number of imide groups is 2. The highest BCUT2D eigenvalue weighted by molar-refractivity contribution is 9.13. The first-order valence-electron chi connectivity index (χ1n) is 19.7. The third-order valence-corrected chi connectivity index (χ3v) is 15.6. The number of nitrogens with zero attached hydrogens (tertiary/aromatic N) is 3. The van der Waals surface area contributed by atoms with Crippen LogP contribution in [-0.4, -0.2) is 69.8 Å². The lowest BCUT2D eigenvalue weighted by atomic mass is 9.49. The Morgan fingerprint density at radius 1 is 0.898 bits per heavy atom. The molecule has 304 valence electrons. The van der Waals surface area contributed by atoms with E-state index in [0.717, 1.165) is 30.2 Å². The van der Waals surface area contributed by atoms with Gasteiger partial charge in [0.1, 0.15) is 5.82 Å². The van der Waals surface area contributed by atoms with Gasteiger partial charge in [0.15, 0.2) is 11.5 Å². The number of hydrogen-bond acceptors (Lipinski definition) is 8. The van der Waals surface area contributed by atoms with Crippen molar-refractivity contribution in [1.29, 1.82) is 0 Å². The average molecular weight is 947 g/mol. The highest BCUT2D eigenvalue weighted by Gasteiger charge is 2.71. The Labute approximate surface area is 362 Å². The number of anilines is 1. The molecule has 0 bridgehead atoms. The molecule has 1 saturated carbocycles. The molecule has 0 spiro atoms. The first-order valence-corrected chi connectivity index (χ1v) is 21.6. The number of piperidine rings is 1. The molecule has 0 radical (unpaired) electrons. The maximum atomic E-state index is 15.5. The smallest absolute Gasteiger partial charge is 0.260 e. The molecule has 4 aromatic rings. The number of hydrogen-bond donors (Lipinski definition) is 2. The Bertz CT molecular complexity index is 2390. The first-order chi connectivity index (χ1) is 28.4. The minimum atomic E-state index is -1.61. The fourth-order valence-electron chi connectivity index (χ4n) is 10.5. The average Bonchev–Trinajstić information content (AvgIpc) is 3.62. The van der Waals surface area contributed by atoms with Crippen LogP contribution in [-0.2, 0) is 31.1 Å². The number of allylic oxidation sites excluding steroid dienone is 2. The number of fused-ring (bicyclic) bond motifs is 4. The number of phenols is 1. The van der Waals surface area contributed by atoms with Crippen LogP contribution in [0.1, 0.15) is 48.3 Å². The summed E-state index contributed by atoms with van der Waals surface area (Å²) in [5, 5.41) is 12.5. The van der Waals surface area contributed by atoms with E-state index in [1.807, 2.05) is 24.3 Å². The van der Waals surface area contributed by atoms with E-state index in [9.17, 15) is 19.1 Å². The summed E-state index contributed by atoms with van der Waals surface area (Å²) in [4.78, 5) is 63.8. The molecule has 4 amide bonds. The Morgan fingerprint density at radius 3 is 2.27 bits per heavy atom. The summed E-state index contributed by atoms with van der Waals surface area (Å²) in [5.74, 6) is -5.91. The van der Waals surface area contributed by atoms with Crippen molar-refractivity contribution in [3.05, 3.63) is 133 Å². The second kappa shape index (κ2) is 15.5. The number of benzene rings is 4. The minimum Gasteiger partial charge on any atom is -0.503 e. The number of likely N-dealkylation sites (tertiary alicyclic amines) is 2. The summed E-state index contributed by atoms with van der Waals surface area (Å²) < 4.78 is 20.4. The van der Waals surface area contributed by atoms with Crippen molar-refractivity contribution in [3.63, 3.8) is 0 Å². The molecule has 3 heterocycles. The topological polar surface area (TPSA) is 119 Å². The number of phenolic OH excluding ortho intramolecular Hbond substituents is 1. The summed E-state index contributed by atoms with van der Waals surface area (Å²) in [6, 6.07) is 23.8. The van der Waals surface area contributed by atoms with Crippen LogP contribution in [0.4, 0.5) is 10.1 Å². The molecular weight excluding hydrogens is 907 g/mol. The van der Waals surface area contributed by atoms with Crippen LogP contribution in [0.2, 0.25) is 5.02 Å². The maximum Gasteiger partial charge on any atom is 0.260 e. The SMILES string of the molecule is COc1cc([C@H]2C3=CC[C@@H]4C(=O)N(C5CCN(Cc6ccccc6)CC5)C(=O)[C@@H]4[C@@H]3C[C@H]3C(=O)N(Nc4ccc(F)cc4)C(=O)[C@@]23c2ccc(Cl)cc2)c(Br)c(Br)c1O. The van der Waals surface area contributed by atoms with Gasteiger partial charge in [0.2, 0.25) is 11.8 Å². The monoisotopic (exact) mass is 944 g/mol. The lowest BCUT2D eigenvalue weighted by molar-refractivity contribution is -0.144. The molecule has 14 heteroatoms. The third-order valence-electron chi connectivity index (χ3n) is 13.2. The van der Waals surface area contributed by atoms with E-state index in [0.29, 0.717) is 39.2 Å². The van der Waals surface area contributed by atoms with Gasteiger partial charge in [0.05, 0.1) is 40.4 Å². The van der Waals surface area contributed by atoms with E-state index in [2.05, 4.69) is 54.3 Å². The fraction of sp³-hybridized carbons (Fsp3) is 0.333. The number of rotatable bonds is 8. The molecule has 5 aliphatic rings. The van der Waals surface area contributed by atoms with Crippen LogP contribution in [0.25, 0.3) is 0 Å². The molecule has 2 N–H and O–H groups in total. The van der Waals surface area contributed by atoms with E-state index in [1.165, 1.54) is 41.8 Å². The van der Waals surface area contributed by atoms with Crippen LogP contribution in [0.5, 0.6) is 11.5 Å². The fourth-order valence-corrected chi connectivity index (χ4v) is 11.6. The minimum absolute atomic E-state index is 0.106. The van der Waals surface area contributed by atoms with E-state index in [-0.39, 0.29) is 46.7 Å². The molecule has 3 aliphatic heterocycles. The standard InChI is InChI=1S/C45H40Br2ClFN4O6/c1-59-35-22-33(38(46)39(47)40(35)54)37-30-15-16-31-36(43(57)52(41(31)55)29-17-19-51(20-18-29)23-24-5-3-2-4-6-24)32(30)21-34-42(56)53(50-28-13-11-27(49)12-14-28)44(58)45(34,37)25-7-9-26(48)10-8-25/h2-15,22,29,31-32,34,36-37,50,54H,16-21,23H2,1H3/t31-,32+,34-,36-,37+,45+/m0/s1. The summed E-state index contributed by atoms with van der Waals surface area (Å²) in [7, 11) is 1.42. The predicted molar refractivity (Wildman–Crippen MR) is 226 cm³/mol. The van der Waals surface area contributed by atoms with Crippen molar-refractivity contribution in [2.75, 3.05) is 25.6 Å². The molecule has 10 nitrogen and oxygen atoms in total. The van der Waals surface area contributed by atoms with Crippen molar-refractivity contribution >= 4 is 72.8 Å². The Hall–Kier alpha value is -4.56. The Balaban J connectivity index is 1.15. The molecule has 0 aromatic heterocycles. The van der Waals surface area contributed by atoms with Gasteiger partial charge in [-0.1, -0.05) is 65.7 Å². The second-order valence-corrected chi connectivity index (χ2v) is 18.1. The molecule has 4 aromatic carbocycles. The first kappa shape index (κ1) is 39.9. The number of aromatic hydroxyl groups is 1. The second-order valence-electron chi connectivity index (χ2n) is 16.1. The highest BCUT2D eigenvalue weighted by atomic mass is 79.9. The van der Waals surface area contributed by atoms with Gasteiger partial charge in [-0.2, -0.15) is 5.01 Å². The number of nitrogens with one attached hydrogen (secondary N) is 1. The summed E-state index contributed by atoms with van der Waals surface area (Å²) in [6.45, 7) is 2.28. The lowest BCUT2D eigenvalue weighted by Crippen LogP contribution is -2.53. The zero-order chi connectivity index (χ0) is 41.3. The van der Waals surface area contributed by atoms with Crippen LogP contribution >= 0.6 is 43.5 Å². The van der Waals surface area contributed by atoms with E-state index in [4.69, 9.17) is 16.3 Å². The molecule has 3 saturated heterocycles. The lowest BCUT2D eigenvalue weighted by Gasteiger charge is -2.51. The van der Waals surface area contributed by atoms with Gasteiger partial charge >= 0.3 is 0 Å². The quantitative estimate of drug-likeness (QED) is 0.134. The van der Waals surface area contributed by atoms with Gasteiger partial charge in [-0.25, -0.2) is 4.39 Å². The van der Waals surface area contributed by atoms with Crippen LogP contribution in [0.3, 0.4) is 0 Å². The number of amides is 4. The molecule has 59 heavy (non-hydrogen) atoms. The Morgan fingerprint density at radius 2 is 1.59 bits per heavy atom. The number of methoxy groups -OCH3 is 1. The molecular formula is C45H40Br2ClFN4O6. The Kier molecular flexibility index (Phi) is 10.5. The van der Waals surface area contributed by atoms with E-state index in [1.54, 1.807) is 30.3 Å². The van der Waals surface area contributed by atoms with Crippen molar-refractivity contribution in [1.82, 2.24) is 14.8 Å². The van der Waals surface area contributed by atoms with Gasteiger partial charge < -0.3 is 9.84 Å². The number of carbonyl (C=O) groups excluding carboxylic acids is 4. The van der Waals surface area contributed by atoms with Crippen molar-refractivity contribution in [2.24, 2.45) is 23.7 Å². The summed E-state index contributed by atoms with van der Waals surface area (Å²) in [6.07, 6.45) is 3.69. The molecule has 9 rings (SSSR count). The number of ether oxygens (including phenoxy) is 1. The van der Waals surface area contributed by atoms with Gasteiger partial charge in [-0.3, -0.25) is 34.4 Å². The van der Waals surface area contributed by atoms with E-state index >= 15 is 9.59 Å². The third kappa shape index (κ3) is 6.42. The zero-order valence-corrected chi connectivity index (χ0v) is 35.8. The van der Waals surface area contributed by atoms with Crippen LogP contribution in [0, 0.1) is 29.5 Å². The molecule has 4 fully saturated rings. The normalized spacial score (nSPS) is 27.1. The molecule has 2 aliphatic carbocycles. The van der Waals surface area contributed by atoms with Gasteiger partial charge in [-0.05, 0) is 123 Å². The highest BCUT2D eigenvalue weighted by Crippen LogP contribution is 2.65. The van der Waals surface area contributed by atoms with Crippen LogP contribution < -0.4 is 10.2 Å². The number of halogens is 4. The van der Waals surface area contributed by atoms with E-state index < -0.39 is 52.6 Å². The summed E-state index contributed by atoms with van der Waals surface area (Å²) >= 11 is 13.7. The largest absolute Gasteiger partial charge is 0.503 e. The zero-order valence-electron chi connectivity index (χ0n) is 31.9. The number of hydrazine groups is 1. The van der Waals surface area contributed by atoms with Crippen molar-refractivity contribution < 1.29 is 33.4 Å².